The summed E-state index contributed by atoms with van der Waals surface area (Å²) in [5, 5.41) is 3.25. The molecule has 2 unspecified atom stereocenters. The van der Waals surface area contributed by atoms with Crippen molar-refractivity contribution in [2.24, 2.45) is 17.8 Å². The van der Waals surface area contributed by atoms with Crippen molar-refractivity contribution >= 4 is 11.8 Å². The van der Waals surface area contributed by atoms with Gasteiger partial charge in [-0.1, -0.05) is 0 Å². The van der Waals surface area contributed by atoms with E-state index in [9.17, 15) is 9.59 Å². The van der Waals surface area contributed by atoms with Crippen LogP contribution in [0.25, 0.3) is 0 Å². The number of nitrogens with one attached hydrogen (secondary N) is 1. The van der Waals surface area contributed by atoms with Crippen LogP contribution in [0.3, 0.4) is 0 Å². The molecule has 0 aromatic carbocycles. The topological polar surface area (TPSA) is 55.4 Å². The summed E-state index contributed by atoms with van der Waals surface area (Å²) in [6.45, 7) is 7.06. The van der Waals surface area contributed by atoms with Gasteiger partial charge in [0.25, 0.3) is 0 Å². The molecule has 1 saturated heterocycles. The number of ketones is 1. The van der Waals surface area contributed by atoms with Crippen LogP contribution in [0.4, 0.5) is 0 Å². The summed E-state index contributed by atoms with van der Waals surface area (Å²) in [5.74, 6) is 0.134. The lowest BCUT2D eigenvalue weighted by Crippen LogP contribution is -2.50. The zero-order chi connectivity index (χ0) is 12.6. The third-order valence-electron chi connectivity index (χ3n) is 3.46. The highest BCUT2D eigenvalue weighted by atomic mass is 16.6. The summed E-state index contributed by atoms with van der Waals surface area (Å²) < 4.78 is 5.41. The van der Waals surface area contributed by atoms with E-state index in [1.165, 1.54) is 0 Å². The standard InChI is InChI=1S/C13H21NO3/c1-13(2,3)17-12(16)8-4-9-6-14-7-10(5-8)11(9)15/h8-10,14H,4-7H2,1-3H3. The number of esters is 1. The van der Waals surface area contributed by atoms with Crippen molar-refractivity contribution in [3.8, 4) is 0 Å². The Bertz CT molecular complexity index is 316. The first-order valence-electron chi connectivity index (χ1n) is 6.34. The molecule has 0 aromatic rings. The monoisotopic (exact) mass is 239 g/mol. The van der Waals surface area contributed by atoms with Gasteiger partial charge in [-0.15, -0.1) is 0 Å². The van der Waals surface area contributed by atoms with E-state index in [-0.39, 0.29) is 23.7 Å². The van der Waals surface area contributed by atoms with Crippen LogP contribution in [0.1, 0.15) is 33.6 Å². The van der Waals surface area contributed by atoms with Gasteiger partial charge in [-0.05, 0) is 33.6 Å². The molecule has 17 heavy (non-hydrogen) atoms. The zero-order valence-electron chi connectivity index (χ0n) is 10.8. The Morgan fingerprint density at radius 2 is 1.76 bits per heavy atom. The van der Waals surface area contributed by atoms with Gasteiger partial charge in [0.15, 0.2) is 0 Å². The second-order valence-corrected chi connectivity index (χ2v) is 6.16. The molecule has 0 spiro atoms. The molecule has 2 atom stereocenters. The number of Topliss-reactive ketones (excluding diaryl/α,β-unsaturated/α-hetero) is 1. The molecule has 2 aliphatic rings. The van der Waals surface area contributed by atoms with E-state index >= 15 is 0 Å². The zero-order valence-corrected chi connectivity index (χ0v) is 10.8. The highest BCUT2D eigenvalue weighted by Crippen LogP contribution is 2.34. The van der Waals surface area contributed by atoms with Gasteiger partial charge in [-0.3, -0.25) is 9.59 Å². The van der Waals surface area contributed by atoms with E-state index < -0.39 is 5.60 Å². The van der Waals surface area contributed by atoms with Crippen molar-refractivity contribution in [1.82, 2.24) is 5.32 Å². The number of ether oxygens (including phenoxy) is 1. The van der Waals surface area contributed by atoms with Gasteiger partial charge < -0.3 is 10.1 Å². The molecule has 4 nitrogen and oxygen atoms in total. The van der Waals surface area contributed by atoms with Crippen LogP contribution >= 0.6 is 0 Å². The van der Waals surface area contributed by atoms with Gasteiger partial charge in [0, 0.05) is 24.9 Å². The Balaban J connectivity index is 2.00. The molecule has 1 aliphatic heterocycles. The minimum Gasteiger partial charge on any atom is -0.460 e. The molecule has 96 valence electrons. The van der Waals surface area contributed by atoms with Crippen molar-refractivity contribution in [2.75, 3.05) is 13.1 Å². The highest BCUT2D eigenvalue weighted by Gasteiger charge is 2.42. The van der Waals surface area contributed by atoms with Crippen molar-refractivity contribution in [3.63, 3.8) is 0 Å². The number of carbonyl (C=O) groups excluding carboxylic acids is 2. The third-order valence-corrected chi connectivity index (χ3v) is 3.46. The maximum atomic E-state index is 12.0. The Kier molecular flexibility index (Phi) is 3.25. The summed E-state index contributed by atoms with van der Waals surface area (Å²) in [4.78, 5) is 23.9. The van der Waals surface area contributed by atoms with Crippen molar-refractivity contribution in [2.45, 2.75) is 39.2 Å². The second-order valence-electron chi connectivity index (χ2n) is 6.16. The van der Waals surface area contributed by atoms with E-state index in [1.54, 1.807) is 0 Å². The van der Waals surface area contributed by atoms with Gasteiger partial charge in [-0.2, -0.15) is 0 Å². The smallest absolute Gasteiger partial charge is 0.309 e. The molecular formula is C13H21NO3. The number of hydrogen-bond acceptors (Lipinski definition) is 4. The lowest BCUT2D eigenvalue weighted by Gasteiger charge is -2.37. The number of carbonyl (C=O) groups is 2. The first kappa shape index (κ1) is 12.6. The van der Waals surface area contributed by atoms with Gasteiger partial charge in [0.05, 0.1) is 5.92 Å². The maximum absolute atomic E-state index is 12.0. The van der Waals surface area contributed by atoms with Crippen LogP contribution in [0.5, 0.6) is 0 Å². The number of rotatable bonds is 1. The van der Waals surface area contributed by atoms with Crippen LogP contribution in [0.15, 0.2) is 0 Å². The van der Waals surface area contributed by atoms with Crippen LogP contribution in [-0.2, 0) is 14.3 Å². The minimum atomic E-state index is -0.439. The average Bonchev–Trinajstić information content (AvgIpc) is 2.13. The van der Waals surface area contributed by atoms with Crippen molar-refractivity contribution in [1.29, 1.82) is 0 Å². The molecular weight excluding hydrogens is 218 g/mol. The highest BCUT2D eigenvalue weighted by molar-refractivity contribution is 5.87. The van der Waals surface area contributed by atoms with E-state index in [4.69, 9.17) is 4.74 Å². The Hall–Kier alpha value is -0.900. The fraction of sp³-hybridized carbons (Fsp3) is 0.846. The number of fused-ring (bicyclic) bond motifs is 2. The number of piperidine rings is 1. The lowest BCUT2D eigenvalue weighted by molar-refractivity contribution is -0.163. The Labute approximate surface area is 102 Å². The fourth-order valence-corrected chi connectivity index (χ4v) is 2.73. The molecule has 2 rings (SSSR count). The maximum Gasteiger partial charge on any atom is 0.309 e. The molecule has 1 aliphatic carbocycles. The number of hydrogen-bond donors (Lipinski definition) is 1. The minimum absolute atomic E-state index is 0.0139. The molecule has 0 aromatic heterocycles. The predicted molar refractivity (Wildman–Crippen MR) is 63.4 cm³/mol. The van der Waals surface area contributed by atoms with Crippen molar-refractivity contribution < 1.29 is 14.3 Å². The van der Waals surface area contributed by atoms with Crippen LogP contribution in [0.2, 0.25) is 0 Å². The third kappa shape index (κ3) is 2.86. The van der Waals surface area contributed by atoms with Gasteiger partial charge >= 0.3 is 5.97 Å². The van der Waals surface area contributed by atoms with Crippen LogP contribution in [0, 0.1) is 17.8 Å². The molecule has 0 amide bonds. The summed E-state index contributed by atoms with van der Waals surface area (Å²) >= 11 is 0. The molecule has 1 saturated carbocycles. The summed E-state index contributed by atoms with van der Waals surface area (Å²) in [6, 6.07) is 0. The van der Waals surface area contributed by atoms with Crippen LogP contribution < -0.4 is 5.32 Å². The molecule has 2 bridgehead atoms. The normalized spacial score (nSPS) is 33.4. The summed E-state index contributed by atoms with van der Waals surface area (Å²) in [7, 11) is 0. The summed E-state index contributed by atoms with van der Waals surface area (Å²) in [6.07, 6.45) is 1.30. The second kappa shape index (κ2) is 4.41. The van der Waals surface area contributed by atoms with Crippen molar-refractivity contribution in [3.05, 3.63) is 0 Å². The van der Waals surface area contributed by atoms with E-state index in [1.807, 2.05) is 20.8 Å². The molecule has 4 heteroatoms. The average molecular weight is 239 g/mol. The van der Waals surface area contributed by atoms with Gasteiger partial charge in [0.1, 0.15) is 11.4 Å². The largest absolute Gasteiger partial charge is 0.460 e. The first-order valence-corrected chi connectivity index (χ1v) is 6.34. The SMILES string of the molecule is CC(C)(C)OC(=O)C1CC2CNCC(C1)C2=O. The van der Waals surface area contributed by atoms with Gasteiger partial charge in [0.2, 0.25) is 0 Å². The van der Waals surface area contributed by atoms with E-state index in [0.717, 1.165) is 0 Å². The fourth-order valence-electron chi connectivity index (χ4n) is 2.73. The van der Waals surface area contributed by atoms with E-state index in [0.29, 0.717) is 31.7 Å². The lowest BCUT2D eigenvalue weighted by atomic mass is 9.72. The van der Waals surface area contributed by atoms with E-state index in [2.05, 4.69) is 5.32 Å². The first-order chi connectivity index (χ1) is 7.87. The molecule has 1 heterocycles. The molecule has 2 fully saturated rings. The predicted octanol–water partition coefficient (Wildman–Crippen LogP) is 1.14. The molecule has 0 radical (unpaired) electrons. The Morgan fingerprint density at radius 1 is 1.24 bits per heavy atom. The quantitative estimate of drug-likeness (QED) is 0.697. The Morgan fingerprint density at radius 3 is 2.24 bits per heavy atom. The van der Waals surface area contributed by atoms with Crippen LogP contribution in [-0.4, -0.2) is 30.4 Å². The van der Waals surface area contributed by atoms with Gasteiger partial charge in [-0.25, -0.2) is 0 Å². The summed E-state index contributed by atoms with van der Waals surface area (Å²) in [5.41, 5.74) is -0.439. The molecule has 1 N–H and O–H groups in total.